The van der Waals surface area contributed by atoms with Crippen LogP contribution in [0.4, 0.5) is 0 Å². The first kappa shape index (κ1) is 18.9. The summed E-state index contributed by atoms with van der Waals surface area (Å²) in [6.45, 7) is 8.01. The van der Waals surface area contributed by atoms with E-state index in [1.54, 1.807) is 4.31 Å². The Hall–Kier alpha value is -0.470. The van der Waals surface area contributed by atoms with Gasteiger partial charge >= 0.3 is 0 Å². The number of hydrogen-bond acceptors (Lipinski definition) is 4. The van der Waals surface area contributed by atoms with E-state index in [1.165, 1.54) is 24.9 Å². The standard InChI is InChI=1S/C15H30N4O2S2/c1-4-16-14(18-12-15(2)7-5-9-22-15)17-10-13-6-8-19(11-13)23(3,20)21/h13H,4-12H2,1-3H3,(H2,16,17,18). The maximum atomic E-state index is 11.6. The molecule has 2 heterocycles. The van der Waals surface area contributed by atoms with Gasteiger partial charge in [-0.2, -0.15) is 11.8 Å². The first-order chi connectivity index (χ1) is 10.8. The van der Waals surface area contributed by atoms with Crippen molar-refractivity contribution >= 4 is 27.7 Å². The average molecular weight is 363 g/mol. The molecule has 0 spiro atoms. The van der Waals surface area contributed by atoms with Crippen molar-refractivity contribution in [3.63, 3.8) is 0 Å². The molecule has 2 fully saturated rings. The third-order valence-corrected chi connectivity index (χ3v) is 7.28. The largest absolute Gasteiger partial charge is 0.357 e. The van der Waals surface area contributed by atoms with Crippen LogP contribution in [0.2, 0.25) is 0 Å². The molecule has 0 aromatic rings. The van der Waals surface area contributed by atoms with Crippen molar-refractivity contribution in [2.24, 2.45) is 10.9 Å². The Bertz CT molecular complexity index is 516. The van der Waals surface area contributed by atoms with Gasteiger partial charge in [-0.25, -0.2) is 12.7 Å². The molecule has 0 aromatic heterocycles. The Labute approximate surface area is 144 Å². The second-order valence-electron chi connectivity index (χ2n) is 6.75. The van der Waals surface area contributed by atoms with Gasteiger partial charge in [-0.3, -0.25) is 4.99 Å². The molecular formula is C15H30N4O2S2. The van der Waals surface area contributed by atoms with E-state index < -0.39 is 10.0 Å². The van der Waals surface area contributed by atoms with Crippen LogP contribution in [0.3, 0.4) is 0 Å². The van der Waals surface area contributed by atoms with Crippen molar-refractivity contribution in [3.05, 3.63) is 0 Å². The van der Waals surface area contributed by atoms with Gasteiger partial charge in [0.05, 0.1) is 12.8 Å². The molecule has 2 saturated heterocycles. The minimum Gasteiger partial charge on any atom is -0.357 e. The SMILES string of the molecule is CCNC(=NCC1(C)CCCS1)NCC1CCN(S(C)(=O)=O)C1. The summed E-state index contributed by atoms with van der Waals surface area (Å²) in [5.74, 6) is 2.43. The van der Waals surface area contributed by atoms with Crippen molar-refractivity contribution in [2.45, 2.75) is 37.9 Å². The van der Waals surface area contributed by atoms with Crippen molar-refractivity contribution < 1.29 is 8.42 Å². The summed E-state index contributed by atoms with van der Waals surface area (Å²) >= 11 is 2.02. The summed E-state index contributed by atoms with van der Waals surface area (Å²) < 4.78 is 25.0. The number of guanidine groups is 1. The molecular weight excluding hydrogens is 332 g/mol. The van der Waals surface area contributed by atoms with Crippen LogP contribution in [-0.2, 0) is 10.0 Å². The molecule has 0 amide bonds. The fourth-order valence-corrected chi connectivity index (χ4v) is 5.20. The highest BCUT2D eigenvalue weighted by atomic mass is 32.2. The number of thioether (sulfide) groups is 1. The lowest BCUT2D eigenvalue weighted by molar-refractivity contribution is 0.458. The summed E-state index contributed by atoms with van der Waals surface area (Å²) in [4.78, 5) is 4.74. The van der Waals surface area contributed by atoms with E-state index in [0.717, 1.165) is 32.0 Å². The van der Waals surface area contributed by atoms with E-state index >= 15 is 0 Å². The van der Waals surface area contributed by atoms with Crippen molar-refractivity contribution in [2.75, 3.05) is 44.7 Å². The summed E-state index contributed by atoms with van der Waals surface area (Å²) in [5, 5.41) is 6.67. The van der Waals surface area contributed by atoms with Crippen LogP contribution in [0.1, 0.15) is 33.1 Å². The van der Waals surface area contributed by atoms with E-state index in [0.29, 0.717) is 19.0 Å². The van der Waals surface area contributed by atoms with Crippen LogP contribution in [0.25, 0.3) is 0 Å². The zero-order valence-corrected chi connectivity index (χ0v) is 16.1. The zero-order chi connectivity index (χ0) is 16.9. The number of aliphatic imine (C=N–C) groups is 1. The minimum absolute atomic E-state index is 0.267. The molecule has 0 radical (unpaired) electrons. The molecule has 8 heteroatoms. The molecule has 2 atom stereocenters. The lowest BCUT2D eigenvalue weighted by Gasteiger charge is -2.21. The second-order valence-corrected chi connectivity index (χ2v) is 10.4. The monoisotopic (exact) mass is 362 g/mol. The summed E-state index contributed by atoms with van der Waals surface area (Å²) in [6, 6.07) is 0. The number of nitrogens with one attached hydrogen (secondary N) is 2. The van der Waals surface area contributed by atoms with E-state index in [4.69, 9.17) is 4.99 Å². The van der Waals surface area contributed by atoms with Crippen LogP contribution in [0.5, 0.6) is 0 Å². The number of sulfonamides is 1. The summed E-state index contributed by atoms with van der Waals surface area (Å²) in [7, 11) is -3.06. The first-order valence-electron chi connectivity index (χ1n) is 8.44. The maximum absolute atomic E-state index is 11.6. The third kappa shape index (κ3) is 5.83. The smallest absolute Gasteiger partial charge is 0.211 e. The van der Waals surface area contributed by atoms with Crippen molar-refractivity contribution in [1.82, 2.24) is 14.9 Å². The Morgan fingerprint density at radius 3 is 2.78 bits per heavy atom. The van der Waals surface area contributed by atoms with Crippen LogP contribution in [-0.4, -0.2) is 68.2 Å². The normalized spacial score (nSPS) is 29.9. The fraction of sp³-hybridized carbons (Fsp3) is 0.933. The molecule has 23 heavy (non-hydrogen) atoms. The maximum Gasteiger partial charge on any atom is 0.211 e. The Morgan fingerprint density at radius 2 is 2.22 bits per heavy atom. The van der Waals surface area contributed by atoms with Gasteiger partial charge < -0.3 is 10.6 Å². The number of hydrogen-bond donors (Lipinski definition) is 2. The molecule has 134 valence electrons. The van der Waals surface area contributed by atoms with Crippen LogP contribution >= 0.6 is 11.8 Å². The van der Waals surface area contributed by atoms with Gasteiger partial charge in [-0.05, 0) is 44.8 Å². The van der Waals surface area contributed by atoms with E-state index in [-0.39, 0.29) is 4.75 Å². The molecule has 2 rings (SSSR count). The van der Waals surface area contributed by atoms with Crippen LogP contribution in [0.15, 0.2) is 4.99 Å². The minimum atomic E-state index is -3.06. The zero-order valence-electron chi connectivity index (χ0n) is 14.5. The molecule has 0 aliphatic carbocycles. The predicted octanol–water partition coefficient (Wildman–Crippen LogP) is 1.11. The highest BCUT2D eigenvalue weighted by Crippen LogP contribution is 2.37. The topological polar surface area (TPSA) is 73.8 Å². The van der Waals surface area contributed by atoms with E-state index in [2.05, 4.69) is 24.5 Å². The van der Waals surface area contributed by atoms with Gasteiger partial charge in [0.15, 0.2) is 5.96 Å². The van der Waals surface area contributed by atoms with Crippen molar-refractivity contribution in [3.8, 4) is 0 Å². The quantitative estimate of drug-likeness (QED) is 0.547. The van der Waals surface area contributed by atoms with E-state index in [1.807, 2.05) is 11.8 Å². The average Bonchev–Trinajstić information content (AvgIpc) is 3.11. The molecule has 2 aliphatic heterocycles. The summed E-state index contributed by atoms with van der Waals surface area (Å²) in [5.41, 5.74) is 0. The Balaban J connectivity index is 1.83. The fourth-order valence-electron chi connectivity index (χ4n) is 3.06. The molecule has 2 N–H and O–H groups in total. The molecule has 0 aromatic carbocycles. The molecule has 2 unspecified atom stereocenters. The summed E-state index contributed by atoms with van der Waals surface area (Å²) in [6.07, 6.45) is 4.71. The van der Waals surface area contributed by atoms with Gasteiger partial charge in [0.2, 0.25) is 10.0 Å². The Kier molecular flexibility index (Phi) is 6.62. The van der Waals surface area contributed by atoms with Crippen molar-refractivity contribution in [1.29, 1.82) is 0 Å². The lowest BCUT2D eigenvalue weighted by Crippen LogP contribution is -2.41. The van der Waals surface area contributed by atoms with Gasteiger partial charge in [0.1, 0.15) is 0 Å². The van der Waals surface area contributed by atoms with Gasteiger partial charge in [-0.1, -0.05) is 0 Å². The highest BCUT2D eigenvalue weighted by molar-refractivity contribution is 8.00. The van der Waals surface area contributed by atoms with Gasteiger partial charge in [0, 0.05) is 30.9 Å². The first-order valence-corrected chi connectivity index (χ1v) is 11.3. The van der Waals surface area contributed by atoms with Crippen LogP contribution in [0, 0.1) is 5.92 Å². The third-order valence-electron chi connectivity index (χ3n) is 4.49. The van der Waals surface area contributed by atoms with Gasteiger partial charge in [0.25, 0.3) is 0 Å². The number of nitrogens with zero attached hydrogens (tertiary/aromatic N) is 2. The molecule has 2 aliphatic rings. The van der Waals surface area contributed by atoms with Gasteiger partial charge in [-0.15, -0.1) is 0 Å². The number of rotatable bonds is 6. The molecule has 6 nitrogen and oxygen atoms in total. The molecule has 0 saturated carbocycles. The Morgan fingerprint density at radius 1 is 1.43 bits per heavy atom. The van der Waals surface area contributed by atoms with E-state index in [9.17, 15) is 8.42 Å². The second kappa shape index (κ2) is 8.07. The highest BCUT2D eigenvalue weighted by Gasteiger charge is 2.30. The van der Waals surface area contributed by atoms with Crippen LogP contribution < -0.4 is 10.6 Å². The molecule has 0 bridgehead atoms. The predicted molar refractivity (Wildman–Crippen MR) is 98.6 cm³/mol. The lowest BCUT2D eigenvalue weighted by atomic mass is 10.1.